The van der Waals surface area contributed by atoms with Crippen molar-refractivity contribution in [1.29, 1.82) is 0 Å². The third-order valence-electron chi connectivity index (χ3n) is 2.64. The van der Waals surface area contributed by atoms with Crippen LogP contribution >= 0.6 is 11.6 Å². The number of aryl methyl sites for hydroxylation is 1. The third-order valence-corrected chi connectivity index (χ3v) is 3.15. The highest BCUT2D eigenvalue weighted by atomic mass is 35.5. The van der Waals surface area contributed by atoms with Gasteiger partial charge in [0.25, 0.3) is 0 Å². The number of ether oxygens (including phenoxy) is 1. The molecule has 1 aliphatic heterocycles. The predicted molar refractivity (Wildman–Crippen MR) is 54.4 cm³/mol. The summed E-state index contributed by atoms with van der Waals surface area (Å²) in [6.45, 7) is 3.63. The molecule has 1 aromatic rings. The van der Waals surface area contributed by atoms with Gasteiger partial charge in [-0.1, -0.05) is 29.8 Å². The quantitative estimate of drug-likeness (QED) is 0.661. The second kappa shape index (κ2) is 3.32. The first kappa shape index (κ1) is 9.04. The zero-order valence-electron chi connectivity index (χ0n) is 7.72. The van der Waals surface area contributed by atoms with Crippen molar-refractivity contribution in [3.63, 3.8) is 0 Å². The Morgan fingerprint density at radius 3 is 2.69 bits per heavy atom. The minimum atomic E-state index is 0.0908. The summed E-state index contributed by atoms with van der Waals surface area (Å²) in [5, 5.41) is 0. The highest BCUT2D eigenvalue weighted by molar-refractivity contribution is 6.18. The number of hydrogen-bond acceptors (Lipinski definition) is 1. The molecule has 0 N–H and O–H groups in total. The predicted octanol–water partition coefficient (Wildman–Crippen LogP) is 2.50. The normalized spacial score (nSPS) is 19.5. The van der Waals surface area contributed by atoms with Crippen molar-refractivity contribution in [3.8, 4) is 0 Å². The van der Waals surface area contributed by atoms with Gasteiger partial charge in [0.2, 0.25) is 0 Å². The summed E-state index contributed by atoms with van der Waals surface area (Å²) >= 11 is 5.97. The second-order valence-corrected chi connectivity index (χ2v) is 4.04. The number of halogens is 1. The van der Waals surface area contributed by atoms with Crippen LogP contribution in [0.25, 0.3) is 0 Å². The van der Waals surface area contributed by atoms with E-state index in [1.165, 1.54) is 11.1 Å². The van der Waals surface area contributed by atoms with Gasteiger partial charge in [0.1, 0.15) is 0 Å². The van der Waals surface area contributed by atoms with E-state index < -0.39 is 0 Å². The van der Waals surface area contributed by atoms with E-state index in [0.29, 0.717) is 5.88 Å². The molecule has 70 valence electrons. The van der Waals surface area contributed by atoms with Gasteiger partial charge in [-0.2, -0.15) is 0 Å². The molecule has 1 heterocycles. The molecule has 1 aromatic carbocycles. The molecule has 0 aliphatic carbocycles. The van der Waals surface area contributed by atoms with Crippen LogP contribution in [0.3, 0.4) is 0 Å². The fourth-order valence-electron chi connectivity index (χ4n) is 1.64. The van der Waals surface area contributed by atoms with Crippen LogP contribution in [-0.2, 0) is 10.2 Å². The van der Waals surface area contributed by atoms with Crippen molar-refractivity contribution in [3.05, 3.63) is 35.4 Å². The highest BCUT2D eigenvalue weighted by Gasteiger charge is 2.39. The lowest BCUT2D eigenvalue weighted by Gasteiger charge is -2.40. The number of benzene rings is 1. The molecule has 0 bridgehead atoms. The van der Waals surface area contributed by atoms with Crippen LogP contribution in [0.5, 0.6) is 0 Å². The van der Waals surface area contributed by atoms with E-state index in [0.717, 1.165) is 13.2 Å². The van der Waals surface area contributed by atoms with E-state index in [4.69, 9.17) is 16.3 Å². The standard InChI is InChI=1S/C11H13ClO/c1-9-3-2-4-10(5-9)11(6-12)7-13-8-11/h2-5H,6-8H2,1H3. The molecule has 2 rings (SSSR count). The van der Waals surface area contributed by atoms with Crippen molar-refractivity contribution in [2.45, 2.75) is 12.3 Å². The maximum absolute atomic E-state index is 5.97. The molecule has 0 saturated carbocycles. The fourth-order valence-corrected chi connectivity index (χ4v) is 1.95. The molecule has 0 amide bonds. The van der Waals surface area contributed by atoms with Crippen LogP contribution in [0.4, 0.5) is 0 Å². The topological polar surface area (TPSA) is 9.23 Å². The van der Waals surface area contributed by atoms with E-state index in [1.807, 2.05) is 0 Å². The molecule has 1 aliphatic rings. The van der Waals surface area contributed by atoms with Gasteiger partial charge in [-0.25, -0.2) is 0 Å². The van der Waals surface area contributed by atoms with Crippen LogP contribution in [0.15, 0.2) is 24.3 Å². The molecule has 0 atom stereocenters. The summed E-state index contributed by atoms with van der Waals surface area (Å²) in [5.74, 6) is 0.649. The maximum Gasteiger partial charge on any atom is 0.0597 e. The fraction of sp³-hybridized carbons (Fsp3) is 0.455. The summed E-state index contributed by atoms with van der Waals surface area (Å²) in [6.07, 6.45) is 0. The van der Waals surface area contributed by atoms with Gasteiger partial charge < -0.3 is 4.74 Å². The van der Waals surface area contributed by atoms with Gasteiger partial charge in [0.15, 0.2) is 0 Å². The first-order valence-corrected chi connectivity index (χ1v) is 5.01. The zero-order valence-corrected chi connectivity index (χ0v) is 8.47. The molecule has 1 fully saturated rings. The van der Waals surface area contributed by atoms with Gasteiger partial charge in [0.05, 0.1) is 18.6 Å². The molecule has 0 radical (unpaired) electrons. The summed E-state index contributed by atoms with van der Waals surface area (Å²) < 4.78 is 5.24. The van der Waals surface area contributed by atoms with E-state index >= 15 is 0 Å². The van der Waals surface area contributed by atoms with Crippen molar-refractivity contribution in [2.24, 2.45) is 0 Å². The van der Waals surface area contributed by atoms with Gasteiger partial charge in [-0.3, -0.25) is 0 Å². The number of rotatable bonds is 2. The van der Waals surface area contributed by atoms with E-state index in [1.54, 1.807) is 0 Å². The Bertz CT molecular complexity index is 299. The molecule has 0 aromatic heterocycles. The minimum absolute atomic E-state index is 0.0908. The van der Waals surface area contributed by atoms with Crippen LogP contribution < -0.4 is 0 Å². The monoisotopic (exact) mass is 196 g/mol. The lowest BCUT2D eigenvalue weighted by molar-refractivity contribution is -0.0480. The Morgan fingerprint density at radius 2 is 2.23 bits per heavy atom. The maximum atomic E-state index is 5.97. The average Bonchev–Trinajstić information content (AvgIpc) is 2.03. The summed E-state index contributed by atoms with van der Waals surface area (Å²) in [5.41, 5.74) is 2.69. The van der Waals surface area contributed by atoms with Crippen molar-refractivity contribution < 1.29 is 4.74 Å². The van der Waals surface area contributed by atoms with Crippen LogP contribution in [-0.4, -0.2) is 19.1 Å². The Labute approximate surface area is 83.7 Å². The SMILES string of the molecule is Cc1cccc(C2(CCl)COC2)c1. The Balaban J connectivity index is 2.33. The van der Waals surface area contributed by atoms with Gasteiger partial charge in [0, 0.05) is 5.88 Å². The van der Waals surface area contributed by atoms with E-state index in [9.17, 15) is 0 Å². The Hall–Kier alpha value is -0.530. The van der Waals surface area contributed by atoms with Crippen molar-refractivity contribution >= 4 is 11.6 Å². The zero-order chi connectivity index (χ0) is 9.31. The molecular weight excluding hydrogens is 184 g/mol. The van der Waals surface area contributed by atoms with Gasteiger partial charge >= 0.3 is 0 Å². The first-order chi connectivity index (χ1) is 6.27. The molecule has 2 heteroatoms. The first-order valence-electron chi connectivity index (χ1n) is 4.48. The van der Waals surface area contributed by atoms with Crippen molar-refractivity contribution in [1.82, 2.24) is 0 Å². The molecule has 0 unspecified atom stereocenters. The van der Waals surface area contributed by atoms with Gasteiger partial charge in [-0.05, 0) is 12.5 Å². The lowest BCUT2D eigenvalue weighted by Crippen LogP contribution is -2.48. The number of alkyl halides is 1. The average molecular weight is 197 g/mol. The highest BCUT2D eigenvalue weighted by Crippen LogP contribution is 2.33. The molecular formula is C11H13ClO. The minimum Gasteiger partial charge on any atom is -0.379 e. The summed E-state index contributed by atoms with van der Waals surface area (Å²) in [4.78, 5) is 0. The lowest BCUT2D eigenvalue weighted by atomic mass is 9.80. The van der Waals surface area contributed by atoms with E-state index in [2.05, 4.69) is 31.2 Å². The Kier molecular flexibility index (Phi) is 2.31. The smallest absolute Gasteiger partial charge is 0.0597 e. The van der Waals surface area contributed by atoms with Crippen molar-refractivity contribution in [2.75, 3.05) is 19.1 Å². The van der Waals surface area contributed by atoms with Crippen LogP contribution in [0, 0.1) is 6.92 Å². The second-order valence-electron chi connectivity index (χ2n) is 3.78. The molecule has 13 heavy (non-hydrogen) atoms. The number of hydrogen-bond donors (Lipinski definition) is 0. The van der Waals surface area contributed by atoms with E-state index in [-0.39, 0.29) is 5.41 Å². The molecule has 1 saturated heterocycles. The van der Waals surface area contributed by atoms with Crippen LogP contribution in [0.2, 0.25) is 0 Å². The molecule has 1 nitrogen and oxygen atoms in total. The molecule has 0 spiro atoms. The third kappa shape index (κ3) is 1.47. The summed E-state index contributed by atoms with van der Waals surface area (Å²) in [7, 11) is 0. The summed E-state index contributed by atoms with van der Waals surface area (Å²) in [6, 6.07) is 8.52. The Morgan fingerprint density at radius 1 is 1.46 bits per heavy atom. The van der Waals surface area contributed by atoms with Crippen LogP contribution in [0.1, 0.15) is 11.1 Å². The van der Waals surface area contributed by atoms with Gasteiger partial charge in [-0.15, -0.1) is 11.6 Å². The largest absolute Gasteiger partial charge is 0.379 e.